The van der Waals surface area contributed by atoms with Gasteiger partial charge in [-0.15, -0.1) is 0 Å². The first-order chi connectivity index (χ1) is 15.3. The summed E-state index contributed by atoms with van der Waals surface area (Å²) in [7, 11) is 3.02. The van der Waals surface area contributed by atoms with Crippen LogP contribution in [0.2, 0.25) is 0 Å². The first kappa shape index (κ1) is 21.2. The van der Waals surface area contributed by atoms with Crippen LogP contribution in [0.25, 0.3) is 22.1 Å². The van der Waals surface area contributed by atoms with Crippen LogP contribution in [0.5, 0.6) is 11.5 Å². The number of ether oxygens (including phenoxy) is 2. The third-order valence-corrected chi connectivity index (χ3v) is 5.17. The molecule has 32 heavy (non-hydrogen) atoms. The second kappa shape index (κ2) is 8.26. The topological polar surface area (TPSA) is 105 Å². The molecule has 0 bridgehead atoms. The number of nitrogens with zero attached hydrogens (tertiary/aromatic N) is 2. The van der Waals surface area contributed by atoms with E-state index in [-0.39, 0.29) is 12.1 Å². The zero-order valence-electron chi connectivity index (χ0n) is 18.2. The first-order valence-electron chi connectivity index (χ1n) is 10.0. The Morgan fingerprint density at radius 1 is 1.06 bits per heavy atom. The van der Waals surface area contributed by atoms with Crippen molar-refractivity contribution in [1.29, 1.82) is 0 Å². The monoisotopic (exact) mass is 437 g/mol. The molecule has 2 aromatic carbocycles. The van der Waals surface area contributed by atoms with Crippen molar-refractivity contribution in [2.45, 2.75) is 26.4 Å². The molecule has 2 aromatic heterocycles. The number of rotatable bonds is 6. The molecule has 4 rings (SSSR count). The molecular weight excluding hydrogens is 414 g/mol. The largest absolute Gasteiger partial charge is 0.493 e. The molecule has 1 N–H and O–H groups in total. The number of hydrogen-bond donors (Lipinski definition) is 1. The van der Waals surface area contributed by atoms with Crippen molar-refractivity contribution < 1.29 is 18.7 Å². The van der Waals surface area contributed by atoms with Gasteiger partial charge >= 0.3 is 5.69 Å². The molecule has 0 aliphatic heterocycles. The number of para-hydroxylation sites is 1. The number of anilines is 1. The Labute approximate surface area is 182 Å². The summed E-state index contributed by atoms with van der Waals surface area (Å²) in [5.74, 6) is 0.538. The van der Waals surface area contributed by atoms with Gasteiger partial charge in [0.1, 0.15) is 17.6 Å². The highest BCUT2D eigenvalue weighted by Crippen LogP contribution is 2.30. The van der Waals surface area contributed by atoms with E-state index < -0.39 is 23.2 Å². The van der Waals surface area contributed by atoms with E-state index in [0.29, 0.717) is 33.7 Å². The minimum atomic E-state index is -0.577. The summed E-state index contributed by atoms with van der Waals surface area (Å²) in [5.41, 5.74) is 0.188. The van der Waals surface area contributed by atoms with Crippen molar-refractivity contribution in [3.8, 4) is 11.5 Å². The Morgan fingerprint density at radius 2 is 1.78 bits per heavy atom. The Balaban J connectivity index is 1.81. The van der Waals surface area contributed by atoms with Gasteiger partial charge in [-0.1, -0.05) is 12.1 Å². The number of carbonyl (C=O) groups is 1. The van der Waals surface area contributed by atoms with Crippen LogP contribution in [0.15, 0.2) is 56.5 Å². The molecule has 0 unspecified atom stereocenters. The molecule has 0 saturated heterocycles. The summed E-state index contributed by atoms with van der Waals surface area (Å²) in [5, 5.41) is 3.35. The van der Waals surface area contributed by atoms with Gasteiger partial charge in [-0.3, -0.25) is 18.7 Å². The van der Waals surface area contributed by atoms with Gasteiger partial charge in [0, 0.05) is 23.2 Å². The molecule has 0 aliphatic carbocycles. The molecule has 9 heteroatoms. The summed E-state index contributed by atoms with van der Waals surface area (Å²) in [6, 6.07) is 11.6. The van der Waals surface area contributed by atoms with E-state index in [9.17, 15) is 14.4 Å². The maximum Gasteiger partial charge on any atom is 0.332 e. The minimum absolute atomic E-state index is 0.0402. The zero-order valence-corrected chi connectivity index (χ0v) is 18.2. The van der Waals surface area contributed by atoms with Crippen LogP contribution in [0.4, 0.5) is 5.69 Å². The predicted molar refractivity (Wildman–Crippen MR) is 121 cm³/mol. The molecule has 4 aromatic rings. The highest BCUT2D eigenvalue weighted by molar-refractivity contribution is 6.03. The molecule has 2 heterocycles. The molecule has 0 fully saturated rings. The fourth-order valence-corrected chi connectivity index (χ4v) is 3.73. The minimum Gasteiger partial charge on any atom is -0.493 e. The number of furan rings is 1. The van der Waals surface area contributed by atoms with Crippen LogP contribution in [-0.4, -0.2) is 29.3 Å². The van der Waals surface area contributed by atoms with E-state index in [1.54, 1.807) is 56.3 Å². The zero-order chi connectivity index (χ0) is 23.0. The maximum atomic E-state index is 13.2. The molecule has 0 radical (unpaired) electrons. The number of carbonyl (C=O) groups excluding carboxylic acids is 1. The van der Waals surface area contributed by atoms with Gasteiger partial charge in [-0.05, 0) is 38.1 Å². The smallest absolute Gasteiger partial charge is 0.332 e. The number of fused-ring (bicyclic) bond motifs is 3. The lowest BCUT2D eigenvalue weighted by molar-refractivity contribution is -0.116. The van der Waals surface area contributed by atoms with E-state index in [1.807, 2.05) is 0 Å². The molecule has 0 saturated carbocycles. The van der Waals surface area contributed by atoms with Crippen molar-refractivity contribution in [3.63, 3.8) is 0 Å². The van der Waals surface area contributed by atoms with Gasteiger partial charge in [-0.25, -0.2) is 4.79 Å². The lowest BCUT2D eigenvalue weighted by Crippen LogP contribution is -2.42. The average molecular weight is 437 g/mol. The van der Waals surface area contributed by atoms with Crippen LogP contribution in [0, 0.1) is 0 Å². The number of benzene rings is 2. The molecule has 1 amide bonds. The summed E-state index contributed by atoms with van der Waals surface area (Å²) in [6.45, 7) is 3.15. The Hall–Kier alpha value is -4.01. The average Bonchev–Trinajstić information content (AvgIpc) is 3.16. The van der Waals surface area contributed by atoms with Gasteiger partial charge in [0.05, 0.1) is 14.2 Å². The number of hydrogen-bond acceptors (Lipinski definition) is 6. The highest BCUT2D eigenvalue weighted by Gasteiger charge is 2.22. The van der Waals surface area contributed by atoms with Gasteiger partial charge in [0.15, 0.2) is 11.5 Å². The van der Waals surface area contributed by atoms with E-state index in [4.69, 9.17) is 13.9 Å². The van der Waals surface area contributed by atoms with Crippen LogP contribution >= 0.6 is 0 Å². The van der Waals surface area contributed by atoms with Crippen LogP contribution in [-0.2, 0) is 11.3 Å². The van der Waals surface area contributed by atoms with Gasteiger partial charge in [0.25, 0.3) is 5.56 Å². The third-order valence-electron chi connectivity index (χ3n) is 5.17. The standard InChI is InChI=1S/C23H23N3O6/c1-13(2)26-22(28)21-20(15-7-5-6-8-16(15)32-21)25(23(26)29)12-19(27)24-14-9-10-17(30-3)18(11-14)31-4/h5-11,13H,12H2,1-4H3,(H,24,27). The molecule has 166 valence electrons. The van der Waals surface area contributed by atoms with Gasteiger partial charge in [0.2, 0.25) is 11.5 Å². The molecule has 0 atom stereocenters. The summed E-state index contributed by atoms with van der Waals surface area (Å²) >= 11 is 0. The second-order valence-electron chi connectivity index (χ2n) is 7.53. The van der Waals surface area contributed by atoms with Gasteiger partial charge in [-0.2, -0.15) is 0 Å². The Kier molecular flexibility index (Phi) is 5.48. The van der Waals surface area contributed by atoms with E-state index in [0.717, 1.165) is 4.57 Å². The Morgan fingerprint density at radius 3 is 2.47 bits per heavy atom. The second-order valence-corrected chi connectivity index (χ2v) is 7.53. The quantitative estimate of drug-likeness (QED) is 0.497. The number of methoxy groups -OCH3 is 2. The van der Waals surface area contributed by atoms with Gasteiger partial charge < -0.3 is 19.2 Å². The summed E-state index contributed by atoms with van der Waals surface area (Å²) < 4.78 is 18.6. The lowest BCUT2D eigenvalue weighted by Gasteiger charge is -2.14. The van der Waals surface area contributed by atoms with Crippen molar-refractivity contribution in [3.05, 3.63) is 63.3 Å². The SMILES string of the molecule is COc1ccc(NC(=O)Cn2c(=O)n(C(C)C)c(=O)c3oc4ccccc4c32)cc1OC. The van der Waals surface area contributed by atoms with Crippen molar-refractivity contribution >= 4 is 33.7 Å². The van der Waals surface area contributed by atoms with E-state index >= 15 is 0 Å². The lowest BCUT2D eigenvalue weighted by atomic mass is 10.2. The molecule has 0 spiro atoms. The molecular formula is C23H23N3O6. The van der Waals surface area contributed by atoms with E-state index in [2.05, 4.69) is 5.32 Å². The number of aromatic nitrogens is 2. The van der Waals surface area contributed by atoms with Crippen LogP contribution in [0.1, 0.15) is 19.9 Å². The summed E-state index contributed by atoms with van der Waals surface area (Å²) in [6.07, 6.45) is 0. The van der Waals surface area contributed by atoms with Crippen LogP contribution in [0.3, 0.4) is 0 Å². The normalized spacial score (nSPS) is 11.3. The van der Waals surface area contributed by atoms with Crippen molar-refractivity contribution in [2.75, 3.05) is 19.5 Å². The first-order valence-corrected chi connectivity index (χ1v) is 10.0. The number of amides is 1. The predicted octanol–water partition coefficient (Wildman–Crippen LogP) is 3.15. The fourth-order valence-electron chi connectivity index (χ4n) is 3.73. The molecule has 9 nitrogen and oxygen atoms in total. The third kappa shape index (κ3) is 3.51. The van der Waals surface area contributed by atoms with Crippen molar-refractivity contribution in [2.24, 2.45) is 0 Å². The van der Waals surface area contributed by atoms with Crippen molar-refractivity contribution in [1.82, 2.24) is 9.13 Å². The number of nitrogens with one attached hydrogen (secondary N) is 1. The maximum absolute atomic E-state index is 13.2. The van der Waals surface area contributed by atoms with E-state index in [1.165, 1.54) is 18.8 Å². The Bertz CT molecular complexity index is 1440. The fraction of sp³-hybridized carbons (Fsp3) is 0.261. The molecule has 0 aliphatic rings. The van der Waals surface area contributed by atoms with Crippen LogP contribution < -0.4 is 26.0 Å². The summed E-state index contributed by atoms with van der Waals surface area (Å²) in [4.78, 5) is 39.1. The highest BCUT2D eigenvalue weighted by atomic mass is 16.5.